The largest absolute Gasteiger partial charge is 0.416 e. The molecule has 7 heteroatoms. The van der Waals surface area contributed by atoms with Gasteiger partial charge in [-0.3, -0.25) is 4.79 Å². The van der Waals surface area contributed by atoms with E-state index in [9.17, 15) is 18.0 Å². The summed E-state index contributed by atoms with van der Waals surface area (Å²) in [5.41, 5.74) is 5.33. The van der Waals surface area contributed by atoms with Gasteiger partial charge in [0.1, 0.15) is 0 Å². The summed E-state index contributed by atoms with van der Waals surface area (Å²) in [6.07, 6.45) is -0.702. The highest BCUT2D eigenvalue weighted by Gasteiger charge is 2.31. The number of carbonyl (C=O) groups excluding carboxylic acids is 1. The number of rotatable bonds is 8. The first kappa shape index (κ1) is 19.3. The highest BCUT2D eigenvalue weighted by Crippen LogP contribution is 2.35. The quantitative estimate of drug-likeness (QED) is 0.715. The zero-order valence-corrected chi connectivity index (χ0v) is 13.5. The molecule has 0 saturated heterocycles. The van der Waals surface area contributed by atoms with Crippen LogP contribution in [0.25, 0.3) is 0 Å². The Labute approximate surface area is 134 Å². The molecule has 1 aromatic carbocycles. The number of unbranched alkanes of at least 4 members (excludes halogenated alkanes) is 3. The molecule has 0 aromatic heterocycles. The summed E-state index contributed by atoms with van der Waals surface area (Å²) in [7, 11) is 3.43. The number of nitrogens with two attached hydrogens (primary N) is 1. The van der Waals surface area contributed by atoms with Crippen LogP contribution < -0.4 is 16.0 Å². The van der Waals surface area contributed by atoms with Gasteiger partial charge >= 0.3 is 6.18 Å². The molecule has 0 saturated carbocycles. The van der Waals surface area contributed by atoms with E-state index >= 15 is 0 Å². The Morgan fingerprint density at radius 3 is 2.39 bits per heavy atom. The van der Waals surface area contributed by atoms with E-state index in [0.29, 0.717) is 18.7 Å². The fraction of sp³-hybridized carbons (Fsp3) is 0.562. The average molecular weight is 331 g/mol. The molecule has 130 valence electrons. The maximum absolute atomic E-state index is 12.8. The lowest BCUT2D eigenvalue weighted by Gasteiger charge is -2.19. The van der Waals surface area contributed by atoms with Crippen molar-refractivity contribution < 1.29 is 18.0 Å². The van der Waals surface area contributed by atoms with Crippen LogP contribution in [-0.2, 0) is 11.0 Å². The van der Waals surface area contributed by atoms with Crippen molar-refractivity contribution in [2.24, 2.45) is 5.73 Å². The molecule has 1 aromatic rings. The van der Waals surface area contributed by atoms with Gasteiger partial charge in [0.15, 0.2) is 0 Å². The third kappa shape index (κ3) is 6.48. The Morgan fingerprint density at radius 1 is 1.17 bits per heavy atom. The summed E-state index contributed by atoms with van der Waals surface area (Å²) < 4.78 is 38.5. The number of halogens is 3. The summed E-state index contributed by atoms with van der Waals surface area (Å²) in [4.78, 5) is 13.6. The summed E-state index contributed by atoms with van der Waals surface area (Å²) in [6.45, 7) is 0.628. The van der Waals surface area contributed by atoms with Crippen molar-refractivity contribution in [2.45, 2.75) is 38.3 Å². The van der Waals surface area contributed by atoms with E-state index in [1.807, 2.05) is 0 Å². The van der Waals surface area contributed by atoms with E-state index in [1.54, 1.807) is 19.0 Å². The molecule has 0 unspecified atom stereocenters. The Morgan fingerprint density at radius 2 is 1.83 bits per heavy atom. The minimum Gasteiger partial charge on any atom is -0.376 e. The second-order valence-corrected chi connectivity index (χ2v) is 5.63. The van der Waals surface area contributed by atoms with Crippen molar-refractivity contribution >= 4 is 17.3 Å². The first-order chi connectivity index (χ1) is 10.8. The van der Waals surface area contributed by atoms with Crippen molar-refractivity contribution in [3.8, 4) is 0 Å². The lowest BCUT2D eigenvalue weighted by molar-refractivity contribution is -0.137. The van der Waals surface area contributed by atoms with Crippen LogP contribution >= 0.6 is 0 Å². The van der Waals surface area contributed by atoms with Crippen molar-refractivity contribution in [1.29, 1.82) is 0 Å². The van der Waals surface area contributed by atoms with Gasteiger partial charge in [0.05, 0.1) is 16.9 Å². The fourth-order valence-electron chi connectivity index (χ4n) is 2.20. The minimum absolute atomic E-state index is 0.178. The number of nitrogens with zero attached hydrogens (tertiary/aromatic N) is 1. The van der Waals surface area contributed by atoms with Gasteiger partial charge in [-0.25, -0.2) is 0 Å². The van der Waals surface area contributed by atoms with Gasteiger partial charge in [0, 0.05) is 20.5 Å². The predicted octanol–water partition coefficient (Wildman–Crippen LogP) is 3.62. The second kappa shape index (κ2) is 8.76. The summed E-state index contributed by atoms with van der Waals surface area (Å²) in [6, 6.07) is 3.35. The third-order valence-corrected chi connectivity index (χ3v) is 3.44. The molecule has 3 N–H and O–H groups in total. The monoisotopic (exact) mass is 331 g/mol. The van der Waals surface area contributed by atoms with Crippen LogP contribution in [0.2, 0.25) is 0 Å². The highest BCUT2D eigenvalue weighted by molar-refractivity contribution is 5.94. The molecule has 0 bridgehead atoms. The molecular weight excluding hydrogens is 307 g/mol. The predicted molar refractivity (Wildman–Crippen MR) is 86.5 cm³/mol. The van der Waals surface area contributed by atoms with Gasteiger partial charge in [-0.15, -0.1) is 0 Å². The van der Waals surface area contributed by atoms with Gasteiger partial charge < -0.3 is 16.0 Å². The first-order valence-corrected chi connectivity index (χ1v) is 7.64. The zero-order valence-electron chi connectivity index (χ0n) is 13.5. The van der Waals surface area contributed by atoms with Crippen LogP contribution in [0.5, 0.6) is 0 Å². The molecule has 0 aliphatic heterocycles. The molecular formula is C16H24F3N3O. The lowest BCUT2D eigenvalue weighted by atomic mass is 10.1. The molecule has 0 fully saturated rings. The topological polar surface area (TPSA) is 58.4 Å². The summed E-state index contributed by atoms with van der Waals surface area (Å²) in [5, 5.41) is 2.59. The van der Waals surface area contributed by atoms with Gasteiger partial charge in [-0.2, -0.15) is 13.2 Å². The van der Waals surface area contributed by atoms with Gasteiger partial charge in [-0.1, -0.05) is 12.8 Å². The van der Waals surface area contributed by atoms with Gasteiger partial charge in [0.2, 0.25) is 5.91 Å². The number of hydrogen-bond acceptors (Lipinski definition) is 3. The van der Waals surface area contributed by atoms with E-state index in [0.717, 1.165) is 31.4 Å². The highest BCUT2D eigenvalue weighted by atomic mass is 19.4. The number of benzene rings is 1. The number of amides is 1. The Balaban J connectivity index is 2.74. The number of anilines is 2. The zero-order chi connectivity index (χ0) is 17.5. The summed E-state index contributed by atoms with van der Waals surface area (Å²) in [5.74, 6) is -0.278. The van der Waals surface area contributed by atoms with E-state index in [2.05, 4.69) is 5.32 Å². The number of nitrogens with one attached hydrogen (secondary N) is 1. The standard InChI is InChI=1S/C16H24F3N3O/c1-22(2)14-9-8-12(16(17,18)19)11-13(14)21-15(23)7-5-3-4-6-10-20/h8-9,11H,3-7,10,20H2,1-2H3,(H,21,23). The average Bonchev–Trinajstić information content (AvgIpc) is 2.45. The van der Waals surface area contributed by atoms with Crippen molar-refractivity contribution in [3.05, 3.63) is 23.8 Å². The molecule has 4 nitrogen and oxygen atoms in total. The van der Waals surface area contributed by atoms with Crippen LogP contribution in [-0.4, -0.2) is 26.5 Å². The maximum Gasteiger partial charge on any atom is 0.416 e. The molecule has 0 atom stereocenters. The third-order valence-electron chi connectivity index (χ3n) is 3.44. The number of carbonyl (C=O) groups is 1. The maximum atomic E-state index is 12.8. The molecule has 0 aliphatic rings. The Hall–Kier alpha value is -1.76. The van der Waals surface area contributed by atoms with Crippen LogP contribution in [0.1, 0.15) is 37.7 Å². The SMILES string of the molecule is CN(C)c1ccc(C(F)(F)F)cc1NC(=O)CCCCCCN. The smallest absolute Gasteiger partial charge is 0.376 e. The van der Waals surface area contributed by atoms with Crippen LogP contribution in [0.3, 0.4) is 0 Å². The minimum atomic E-state index is -4.44. The second-order valence-electron chi connectivity index (χ2n) is 5.63. The van der Waals surface area contributed by atoms with Crippen molar-refractivity contribution in [3.63, 3.8) is 0 Å². The van der Waals surface area contributed by atoms with Crippen LogP contribution in [0.4, 0.5) is 24.5 Å². The molecule has 0 radical (unpaired) electrons. The molecule has 0 aliphatic carbocycles. The Kier molecular flexibility index (Phi) is 7.35. The van der Waals surface area contributed by atoms with Crippen molar-refractivity contribution in [2.75, 3.05) is 30.9 Å². The molecule has 0 spiro atoms. The van der Waals surface area contributed by atoms with E-state index in [4.69, 9.17) is 5.73 Å². The molecule has 1 amide bonds. The van der Waals surface area contributed by atoms with E-state index in [1.165, 1.54) is 6.07 Å². The first-order valence-electron chi connectivity index (χ1n) is 7.64. The Bertz CT molecular complexity index is 516. The summed E-state index contributed by atoms with van der Waals surface area (Å²) >= 11 is 0. The number of hydrogen-bond donors (Lipinski definition) is 2. The van der Waals surface area contributed by atoms with Gasteiger partial charge in [0.25, 0.3) is 0 Å². The van der Waals surface area contributed by atoms with E-state index in [-0.39, 0.29) is 18.0 Å². The molecule has 1 rings (SSSR count). The number of alkyl halides is 3. The lowest BCUT2D eigenvalue weighted by Crippen LogP contribution is -2.17. The molecule has 0 heterocycles. The normalized spacial score (nSPS) is 11.4. The fourth-order valence-corrected chi connectivity index (χ4v) is 2.20. The van der Waals surface area contributed by atoms with E-state index < -0.39 is 11.7 Å². The van der Waals surface area contributed by atoms with Crippen LogP contribution in [0.15, 0.2) is 18.2 Å². The van der Waals surface area contributed by atoms with Crippen LogP contribution in [0, 0.1) is 0 Å². The molecule has 23 heavy (non-hydrogen) atoms. The van der Waals surface area contributed by atoms with Gasteiger partial charge in [-0.05, 0) is 37.6 Å². The van der Waals surface area contributed by atoms with Crippen molar-refractivity contribution in [1.82, 2.24) is 0 Å².